The van der Waals surface area contributed by atoms with E-state index in [9.17, 15) is 14.0 Å². The molecule has 2 aromatic carbocycles. The number of furan rings is 1. The first kappa shape index (κ1) is 20.8. The van der Waals surface area contributed by atoms with Gasteiger partial charge in [0, 0.05) is 31.7 Å². The summed E-state index contributed by atoms with van der Waals surface area (Å²) in [5, 5.41) is 0. The summed E-state index contributed by atoms with van der Waals surface area (Å²) in [6.45, 7) is 5.99. The molecule has 1 saturated heterocycles. The number of nitrogens with zero attached hydrogens (tertiary/aromatic N) is 2. The lowest BCUT2D eigenvalue weighted by Crippen LogP contribution is -2.50. The molecule has 0 spiro atoms. The minimum Gasteiger partial charge on any atom is -0.451 e. The molecule has 1 aromatic heterocycles. The average Bonchev–Trinajstić information content (AvgIpc) is 3.28. The van der Waals surface area contributed by atoms with Crippen molar-refractivity contribution in [2.75, 3.05) is 26.2 Å². The smallest absolute Gasteiger partial charge is 0.289 e. The zero-order chi connectivity index (χ0) is 22.0. The molecule has 4 rings (SSSR count). The van der Waals surface area contributed by atoms with E-state index in [2.05, 4.69) is 13.8 Å². The van der Waals surface area contributed by atoms with Crippen molar-refractivity contribution >= 4 is 11.8 Å². The Morgan fingerprint density at radius 3 is 2.06 bits per heavy atom. The lowest BCUT2D eigenvalue weighted by Gasteiger charge is -2.34. The average molecular weight is 420 g/mol. The van der Waals surface area contributed by atoms with Gasteiger partial charge >= 0.3 is 0 Å². The molecule has 0 aliphatic carbocycles. The Hall–Kier alpha value is -3.41. The fourth-order valence-electron chi connectivity index (χ4n) is 3.72. The fraction of sp³-hybridized carbons (Fsp3) is 0.280. The van der Waals surface area contributed by atoms with E-state index < -0.39 is 5.82 Å². The van der Waals surface area contributed by atoms with Gasteiger partial charge in [-0.1, -0.05) is 38.1 Å². The van der Waals surface area contributed by atoms with Crippen LogP contribution in [0.3, 0.4) is 0 Å². The third-order valence-electron chi connectivity index (χ3n) is 5.63. The minimum atomic E-state index is -0.399. The highest BCUT2D eigenvalue weighted by Crippen LogP contribution is 2.25. The van der Waals surface area contributed by atoms with Gasteiger partial charge < -0.3 is 14.2 Å². The molecule has 1 aliphatic heterocycles. The third kappa shape index (κ3) is 4.38. The minimum absolute atomic E-state index is 0.0257. The van der Waals surface area contributed by atoms with Gasteiger partial charge in [0.1, 0.15) is 11.6 Å². The van der Waals surface area contributed by atoms with Crippen molar-refractivity contribution in [2.24, 2.45) is 0 Å². The Balaban J connectivity index is 1.38. The molecule has 31 heavy (non-hydrogen) atoms. The molecule has 3 aromatic rings. The van der Waals surface area contributed by atoms with Gasteiger partial charge in [-0.2, -0.15) is 0 Å². The Kier molecular flexibility index (Phi) is 5.89. The van der Waals surface area contributed by atoms with Crippen LogP contribution in [0.4, 0.5) is 4.39 Å². The molecule has 0 atom stereocenters. The maximum absolute atomic E-state index is 14.0. The van der Waals surface area contributed by atoms with E-state index in [1.54, 1.807) is 40.1 Å². The standard InChI is InChI=1S/C25H25FN2O3/c1-17(2)18-7-9-19(10-8-18)24(29)27-13-15-28(16-14-27)25(30)23-12-11-22(31-23)20-5-3-4-6-21(20)26/h3-12,17H,13-16H2,1-2H3. The van der Waals surface area contributed by atoms with Crippen molar-refractivity contribution in [1.29, 1.82) is 0 Å². The second-order valence-corrected chi connectivity index (χ2v) is 8.00. The van der Waals surface area contributed by atoms with Gasteiger partial charge in [-0.25, -0.2) is 4.39 Å². The second kappa shape index (κ2) is 8.76. The van der Waals surface area contributed by atoms with Crippen LogP contribution in [0.2, 0.25) is 0 Å². The van der Waals surface area contributed by atoms with E-state index in [-0.39, 0.29) is 17.6 Å². The van der Waals surface area contributed by atoms with Gasteiger partial charge in [0.05, 0.1) is 5.56 Å². The van der Waals surface area contributed by atoms with Crippen LogP contribution < -0.4 is 0 Å². The molecule has 0 N–H and O–H groups in total. The monoisotopic (exact) mass is 420 g/mol. The second-order valence-electron chi connectivity index (χ2n) is 8.00. The molecular formula is C25H25FN2O3. The quantitative estimate of drug-likeness (QED) is 0.609. The van der Waals surface area contributed by atoms with E-state index in [0.29, 0.717) is 49.0 Å². The summed E-state index contributed by atoms with van der Waals surface area (Å²) < 4.78 is 19.6. The number of halogens is 1. The first-order valence-electron chi connectivity index (χ1n) is 10.5. The number of amides is 2. The molecule has 0 saturated carbocycles. The highest BCUT2D eigenvalue weighted by atomic mass is 19.1. The Labute approximate surface area is 181 Å². The summed E-state index contributed by atoms with van der Waals surface area (Å²) in [4.78, 5) is 29.0. The summed E-state index contributed by atoms with van der Waals surface area (Å²) in [7, 11) is 0. The van der Waals surface area contributed by atoms with Gasteiger partial charge in [0.2, 0.25) is 0 Å². The number of benzene rings is 2. The van der Waals surface area contributed by atoms with Crippen LogP contribution in [-0.4, -0.2) is 47.8 Å². The lowest BCUT2D eigenvalue weighted by atomic mass is 10.0. The van der Waals surface area contributed by atoms with Crippen LogP contribution in [-0.2, 0) is 0 Å². The number of rotatable bonds is 4. The zero-order valence-corrected chi connectivity index (χ0v) is 17.7. The highest BCUT2D eigenvalue weighted by Gasteiger charge is 2.27. The molecule has 0 unspecified atom stereocenters. The van der Waals surface area contributed by atoms with E-state index in [4.69, 9.17) is 4.42 Å². The zero-order valence-electron chi connectivity index (χ0n) is 17.7. The van der Waals surface area contributed by atoms with Crippen molar-refractivity contribution < 1.29 is 18.4 Å². The lowest BCUT2D eigenvalue weighted by molar-refractivity contribution is 0.0518. The van der Waals surface area contributed by atoms with E-state index in [1.807, 2.05) is 24.3 Å². The first-order valence-corrected chi connectivity index (χ1v) is 10.5. The number of hydrogen-bond donors (Lipinski definition) is 0. The van der Waals surface area contributed by atoms with Crippen LogP contribution in [0.25, 0.3) is 11.3 Å². The molecule has 6 heteroatoms. The summed E-state index contributed by atoms with van der Waals surface area (Å²) in [5.41, 5.74) is 2.17. The first-order chi connectivity index (χ1) is 14.9. The maximum Gasteiger partial charge on any atom is 0.289 e. The van der Waals surface area contributed by atoms with Crippen LogP contribution >= 0.6 is 0 Å². The summed E-state index contributed by atoms with van der Waals surface area (Å²) in [6.07, 6.45) is 0. The Bertz CT molecular complexity index is 1080. The van der Waals surface area contributed by atoms with Gasteiger partial charge in [-0.05, 0) is 47.9 Å². The van der Waals surface area contributed by atoms with Crippen LogP contribution in [0.5, 0.6) is 0 Å². The number of hydrogen-bond acceptors (Lipinski definition) is 3. The highest BCUT2D eigenvalue weighted by molar-refractivity contribution is 5.95. The topological polar surface area (TPSA) is 53.8 Å². The van der Waals surface area contributed by atoms with Crippen LogP contribution in [0, 0.1) is 5.82 Å². The van der Waals surface area contributed by atoms with Crippen molar-refractivity contribution in [3.05, 3.63) is 83.4 Å². The SMILES string of the molecule is CC(C)c1ccc(C(=O)N2CCN(C(=O)c3ccc(-c4ccccc4F)o3)CC2)cc1. The molecule has 5 nitrogen and oxygen atoms in total. The summed E-state index contributed by atoms with van der Waals surface area (Å²) in [6, 6.07) is 17.2. The summed E-state index contributed by atoms with van der Waals surface area (Å²) in [5.74, 6) is 0.226. The normalized spacial score (nSPS) is 14.2. The number of piperazine rings is 1. The predicted octanol–water partition coefficient (Wildman–Crippen LogP) is 4.81. The van der Waals surface area contributed by atoms with E-state index in [0.717, 1.165) is 0 Å². The molecule has 1 aliphatic rings. The molecule has 2 amide bonds. The Morgan fingerprint density at radius 1 is 0.839 bits per heavy atom. The predicted molar refractivity (Wildman–Crippen MR) is 116 cm³/mol. The summed E-state index contributed by atoms with van der Waals surface area (Å²) >= 11 is 0. The van der Waals surface area contributed by atoms with Crippen molar-refractivity contribution in [1.82, 2.24) is 9.80 Å². The maximum atomic E-state index is 14.0. The van der Waals surface area contributed by atoms with Crippen LogP contribution in [0.15, 0.2) is 65.1 Å². The van der Waals surface area contributed by atoms with Crippen molar-refractivity contribution in [2.45, 2.75) is 19.8 Å². The van der Waals surface area contributed by atoms with Crippen molar-refractivity contribution in [3.63, 3.8) is 0 Å². The molecule has 1 fully saturated rings. The fourth-order valence-corrected chi connectivity index (χ4v) is 3.72. The van der Waals surface area contributed by atoms with Crippen LogP contribution in [0.1, 0.15) is 46.2 Å². The third-order valence-corrected chi connectivity index (χ3v) is 5.63. The molecule has 2 heterocycles. The Morgan fingerprint density at radius 2 is 1.45 bits per heavy atom. The largest absolute Gasteiger partial charge is 0.451 e. The van der Waals surface area contributed by atoms with Crippen molar-refractivity contribution in [3.8, 4) is 11.3 Å². The number of carbonyl (C=O) groups excluding carboxylic acids is 2. The van der Waals surface area contributed by atoms with Gasteiger partial charge in [-0.3, -0.25) is 9.59 Å². The molecular weight excluding hydrogens is 395 g/mol. The molecule has 0 radical (unpaired) electrons. The molecule has 0 bridgehead atoms. The van der Waals surface area contributed by atoms with E-state index in [1.165, 1.54) is 11.6 Å². The van der Waals surface area contributed by atoms with E-state index >= 15 is 0 Å². The number of carbonyl (C=O) groups is 2. The van der Waals surface area contributed by atoms with Gasteiger partial charge in [-0.15, -0.1) is 0 Å². The molecule has 160 valence electrons. The van der Waals surface area contributed by atoms with Gasteiger partial charge in [0.15, 0.2) is 5.76 Å². The van der Waals surface area contributed by atoms with Gasteiger partial charge in [0.25, 0.3) is 11.8 Å².